The highest BCUT2D eigenvalue weighted by atomic mass is 35.5. The zero-order valence-corrected chi connectivity index (χ0v) is 9.26. The first-order chi connectivity index (χ1) is 7.25. The summed E-state index contributed by atoms with van der Waals surface area (Å²) in [6.07, 6.45) is 2.70. The smallest absolute Gasteiger partial charge is 0.220 e. The summed E-state index contributed by atoms with van der Waals surface area (Å²) >= 11 is 5.84. The molecule has 2 rings (SSSR count). The zero-order chi connectivity index (χ0) is 10.7. The lowest BCUT2D eigenvalue weighted by molar-refractivity contribution is -0.120. The van der Waals surface area contributed by atoms with Crippen LogP contribution in [0.4, 0.5) is 0 Å². The predicted molar refractivity (Wildman–Crippen MR) is 61.1 cm³/mol. The third-order valence-corrected chi connectivity index (χ3v) is 3.10. The molecular formula is C12H14ClNO. The van der Waals surface area contributed by atoms with E-state index in [2.05, 4.69) is 5.32 Å². The van der Waals surface area contributed by atoms with Gasteiger partial charge in [0.15, 0.2) is 0 Å². The van der Waals surface area contributed by atoms with Crippen LogP contribution in [-0.4, -0.2) is 12.5 Å². The van der Waals surface area contributed by atoms with E-state index < -0.39 is 0 Å². The Kier molecular flexibility index (Phi) is 3.27. The molecule has 0 saturated carbocycles. The number of amides is 1. The molecule has 0 bridgehead atoms. The molecule has 0 aliphatic carbocycles. The van der Waals surface area contributed by atoms with Gasteiger partial charge in [0.05, 0.1) is 0 Å². The van der Waals surface area contributed by atoms with Crippen molar-refractivity contribution in [3.63, 3.8) is 0 Å². The van der Waals surface area contributed by atoms with Gasteiger partial charge in [0.25, 0.3) is 0 Å². The second kappa shape index (κ2) is 4.67. The Morgan fingerprint density at radius 2 is 2.00 bits per heavy atom. The molecule has 1 atom stereocenters. The molecule has 1 amide bonds. The summed E-state index contributed by atoms with van der Waals surface area (Å²) in [6.45, 7) is 0.750. The molecule has 1 aliphatic heterocycles. The monoisotopic (exact) mass is 223 g/mol. The summed E-state index contributed by atoms with van der Waals surface area (Å²) in [6, 6.07) is 7.90. The van der Waals surface area contributed by atoms with Crippen LogP contribution in [0.25, 0.3) is 0 Å². The first kappa shape index (κ1) is 10.5. The van der Waals surface area contributed by atoms with Crippen molar-refractivity contribution in [2.24, 2.45) is 0 Å². The number of halogens is 1. The van der Waals surface area contributed by atoms with Crippen LogP contribution in [-0.2, 0) is 4.79 Å². The highest BCUT2D eigenvalue weighted by Gasteiger charge is 2.16. The third kappa shape index (κ3) is 2.72. The first-order valence-electron chi connectivity index (χ1n) is 5.28. The zero-order valence-electron chi connectivity index (χ0n) is 8.50. The van der Waals surface area contributed by atoms with Crippen molar-refractivity contribution in [1.29, 1.82) is 0 Å². The molecule has 1 heterocycles. The van der Waals surface area contributed by atoms with Gasteiger partial charge < -0.3 is 5.32 Å². The van der Waals surface area contributed by atoms with Crippen LogP contribution >= 0.6 is 11.6 Å². The molecule has 0 aromatic heterocycles. The second-order valence-corrected chi connectivity index (χ2v) is 4.38. The summed E-state index contributed by atoms with van der Waals surface area (Å²) in [5.41, 5.74) is 1.27. The number of nitrogens with one attached hydrogen (secondary N) is 1. The van der Waals surface area contributed by atoms with Crippen molar-refractivity contribution in [3.8, 4) is 0 Å². The fourth-order valence-corrected chi connectivity index (χ4v) is 2.08. The maximum Gasteiger partial charge on any atom is 0.220 e. The molecule has 1 aromatic rings. The summed E-state index contributed by atoms with van der Waals surface area (Å²) in [5, 5.41) is 3.70. The lowest BCUT2D eigenvalue weighted by Crippen LogP contribution is -2.24. The largest absolute Gasteiger partial charge is 0.355 e. The molecule has 15 heavy (non-hydrogen) atoms. The van der Waals surface area contributed by atoms with E-state index in [-0.39, 0.29) is 5.91 Å². The average molecular weight is 224 g/mol. The lowest BCUT2D eigenvalue weighted by atomic mass is 9.95. The van der Waals surface area contributed by atoms with Crippen molar-refractivity contribution in [2.75, 3.05) is 6.54 Å². The lowest BCUT2D eigenvalue weighted by Gasteiger charge is -2.14. The Bertz CT molecular complexity index is 347. The van der Waals surface area contributed by atoms with Gasteiger partial charge in [-0.25, -0.2) is 0 Å². The normalized spacial score (nSPS) is 21.9. The van der Waals surface area contributed by atoms with Gasteiger partial charge in [0.2, 0.25) is 5.91 Å². The molecule has 2 nitrogen and oxygen atoms in total. The van der Waals surface area contributed by atoms with Gasteiger partial charge in [-0.2, -0.15) is 0 Å². The van der Waals surface area contributed by atoms with Crippen LogP contribution in [0.1, 0.15) is 30.7 Å². The molecule has 0 spiro atoms. The molecule has 0 unspecified atom stereocenters. The maximum absolute atomic E-state index is 11.2. The number of hydrogen-bond donors (Lipinski definition) is 1. The fourth-order valence-electron chi connectivity index (χ4n) is 1.96. The van der Waals surface area contributed by atoms with Gasteiger partial charge >= 0.3 is 0 Å². The van der Waals surface area contributed by atoms with Crippen molar-refractivity contribution in [3.05, 3.63) is 34.9 Å². The van der Waals surface area contributed by atoms with Gasteiger partial charge in [-0.3, -0.25) is 4.79 Å². The summed E-state index contributed by atoms with van der Waals surface area (Å²) in [7, 11) is 0. The quantitative estimate of drug-likeness (QED) is 0.780. The van der Waals surface area contributed by atoms with Gasteiger partial charge in [0.1, 0.15) is 0 Å². The van der Waals surface area contributed by atoms with Gasteiger partial charge in [-0.15, -0.1) is 0 Å². The topological polar surface area (TPSA) is 29.1 Å². The Morgan fingerprint density at radius 3 is 2.73 bits per heavy atom. The van der Waals surface area contributed by atoms with E-state index in [1.54, 1.807) is 0 Å². The van der Waals surface area contributed by atoms with E-state index in [0.717, 1.165) is 24.4 Å². The Labute approximate surface area is 94.6 Å². The minimum absolute atomic E-state index is 0.173. The number of carbonyl (C=O) groups is 1. The predicted octanol–water partition coefficient (Wildman–Crippen LogP) is 2.72. The molecule has 1 aromatic carbocycles. The maximum atomic E-state index is 11.2. The summed E-state index contributed by atoms with van der Waals surface area (Å²) in [5.74, 6) is 0.611. The Morgan fingerprint density at radius 1 is 1.27 bits per heavy atom. The van der Waals surface area contributed by atoms with Crippen LogP contribution in [0.2, 0.25) is 5.02 Å². The van der Waals surface area contributed by atoms with E-state index in [1.165, 1.54) is 5.56 Å². The van der Waals surface area contributed by atoms with Crippen molar-refractivity contribution < 1.29 is 4.79 Å². The van der Waals surface area contributed by atoms with Crippen LogP contribution in [0.3, 0.4) is 0 Å². The van der Waals surface area contributed by atoms with Crippen LogP contribution < -0.4 is 5.32 Å². The molecule has 0 radical (unpaired) electrons. The number of hydrogen-bond acceptors (Lipinski definition) is 1. The Hall–Kier alpha value is -1.02. The van der Waals surface area contributed by atoms with Crippen LogP contribution in [0, 0.1) is 0 Å². The van der Waals surface area contributed by atoms with Crippen LogP contribution in [0.5, 0.6) is 0 Å². The van der Waals surface area contributed by atoms with Crippen LogP contribution in [0.15, 0.2) is 24.3 Å². The highest BCUT2D eigenvalue weighted by Crippen LogP contribution is 2.24. The van der Waals surface area contributed by atoms with Gasteiger partial charge in [-0.1, -0.05) is 23.7 Å². The summed E-state index contributed by atoms with van der Waals surface area (Å²) in [4.78, 5) is 11.2. The minimum atomic E-state index is 0.173. The van der Waals surface area contributed by atoms with E-state index in [4.69, 9.17) is 11.6 Å². The molecule has 1 fully saturated rings. The third-order valence-electron chi connectivity index (χ3n) is 2.84. The molecule has 80 valence electrons. The van der Waals surface area contributed by atoms with Crippen molar-refractivity contribution in [1.82, 2.24) is 5.32 Å². The number of carbonyl (C=O) groups excluding carboxylic acids is 1. The van der Waals surface area contributed by atoms with E-state index in [0.29, 0.717) is 12.3 Å². The Balaban J connectivity index is 2.09. The van der Waals surface area contributed by atoms with E-state index in [9.17, 15) is 4.79 Å². The number of rotatable bonds is 1. The molecule has 3 heteroatoms. The van der Waals surface area contributed by atoms with E-state index >= 15 is 0 Å². The van der Waals surface area contributed by atoms with Gasteiger partial charge in [-0.05, 0) is 30.5 Å². The average Bonchev–Trinajstić information content (AvgIpc) is 2.44. The second-order valence-electron chi connectivity index (χ2n) is 3.94. The first-order valence-corrected chi connectivity index (χ1v) is 5.65. The fraction of sp³-hybridized carbons (Fsp3) is 0.417. The van der Waals surface area contributed by atoms with E-state index in [1.807, 2.05) is 24.3 Å². The van der Waals surface area contributed by atoms with Crippen molar-refractivity contribution >= 4 is 17.5 Å². The standard InChI is InChI=1S/C12H14ClNO/c13-11-6-4-9(5-7-11)10-2-1-3-12(15)14-8-10/h4-7,10H,1-3,8H2,(H,14,15)/t10-/m0/s1. The van der Waals surface area contributed by atoms with Gasteiger partial charge in [0, 0.05) is 23.9 Å². The molecule has 1 aliphatic rings. The molecule has 1 N–H and O–H groups in total. The minimum Gasteiger partial charge on any atom is -0.355 e. The van der Waals surface area contributed by atoms with Crippen molar-refractivity contribution in [2.45, 2.75) is 25.2 Å². The molecule has 1 saturated heterocycles. The SMILES string of the molecule is O=C1CCC[C@H](c2ccc(Cl)cc2)CN1. The highest BCUT2D eigenvalue weighted by molar-refractivity contribution is 6.30. The number of benzene rings is 1. The molecular weight excluding hydrogens is 210 g/mol. The summed E-state index contributed by atoms with van der Waals surface area (Å²) < 4.78 is 0.